The standard InChI is InChI=1S/C13H22N4O3S/c1-6-12-14-7-11(8-15-12)16-13(18)17(4)9(2)10(3)21(5,19)20/h7-10H,6H2,1-5H3,(H,16,18). The van der Waals surface area contributed by atoms with Crippen molar-refractivity contribution in [2.75, 3.05) is 18.6 Å². The highest BCUT2D eigenvalue weighted by molar-refractivity contribution is 7.91. The monoisotopic (exact) mass is 314 g/mol. The summed E-state index contributed by atoms with van der Waals surface area (Å²) in [5, 5.41) is 2.00. The second-order valence-corrected chi connectivity index (χ2v) is 7.46. The number of rotatable bonds is 5. The molecule has 0 saturated carbocycles. The summed E-state index contributed by atoms with van der Waals surface area (Å²) in [6.45, 7) is 5.22. The number of amides is 2. The van der Waals surface area contributed by atoms with Crippen LogP contribution >= 0.6 is 0 Å². The number of aromatic nitrogens is 2. The number of nitrogens with one attached hydrogen (secondary N) is 1. The third-order valence-corrected chi connectivity index (χ3v) is 5.30. The minimum Gasteiger partial charge on any atom is -0.324 e. The molecule has 0 fully saturated rings. The Labute approximate surface area is 125 Å². The summed E-state index contributed by atoms with van der Waals surface area (Å²) < 4.78 is 23.1. The van der Waals surface area contributed by atoms with E-state index in [0.29, 0.717) is 11.5 Å². The third kappa shape index (κ3) is 4.66. The van der Waals surface area contributed by atoms with Crippen LogP contribution in [0.25, 0.3) is 0 Å². The molecule has 0 bridgehead atoms. The van der Waals surface area contributed by atoms with E-state index in [0.717, 1.165) is 12.7 Å². The average molecular weight is 314 g/mol. The summed E-state index contributed by atoms with van der Waals surface area (Å²) in [6.07, 6.45) is 4.94. The maximum absolute atomic E-state index is 12.1. The van der Waals surface area contributed by atoms with Crippen LogP contribution in [-0.4, -0.2) is 53.9 Å². The molecule has 0 aliphatic carbocycles. The van der Waals surface area contributed by atoms with Crippen LogP contribution in [0, 0.1) is 0 Å². The van der Waals surface area contributed by atoms with Crippen molar-refractivity contribution in [1.29, 1.82) is 0 Å². The molecule has 0 aromatic carbocycles. The molecule has 2 atom stereocenters. The molecule has 1 aromatic heterocycles. The first-order chi connectivity index (χ1) is 9.66. The van der Waals surface area contributed by atoms with Crippen molar-refractivity contribution in [3.8, 4) is 0 Å². The van der Waals surface area contributed by atoms with Gasteiger partial charge < -0.3 is 10.2 Å². The normalized spacial score (nSPS) is 14.3. The molecule has 0 saturated heterocycles. The predicted octanol–water partition coefficient (Wildman–Crippen LogP) is 1.32. The Morgan fingerprint density at radius 3 is 2.29 bits per heavy atom. The Balaban J connectivity index is 2.73. The molecular weight excluding hydrogens is 292 g/mol. The Morgan fingerprint density at radius 2 is 1.86 bits per heavy atom. The molecule has 0 radical (unpaired) electrons. The summed E-state index contributed by atoms with van der Waals surface area (Å²) in [5.74, 6) is 0.695. The van der Waals surface area contributed by atoms with E-state index in [2.05, 4.69) is 15.3 Å². The van der Waals surface area contributed by atoms with Gasteiger partial charge >= 0.3 is 6.03 Å². The molecule has 8 heteroatoms. The lowest BCUT2D eigenvalue weighted by atomic mass is 10.2. The number of nitrogens with zero attached hydrogens (tertiary/aromatic N) is 3. The van der Waals surface area contributed by atoms with Crippen LogP contribution in [0.4, 0.5) is 10.5 Å². The predicted molar refractivity (Wildman–Crippen MR) is 82.0 cm³/mol. The number of hydrogen-bond donors (Lipinski definition) is 1. The van der Waals surface area contributed by atoms with E-state index in [1.54, 1.807) is 20.9 Å². The average Bonchev–Trinajstić information content (AvgIpc) is 2.44. The van der Waals surface area contributed by atoms with Crippen LogP contribution in [-0.2, 0) is 16.3 Å². The zero-order chi connectivity index (χ0) is 16.2. The number of carbonyl (C=O) groups excluding carboxylic acids is 1. The van der Waals surface area contributed by atoms with Gasteiger partial charge in [-0.05, 0) is 13.8 Å². The molecule has 118 valence electrons. The number of sulfone groups is 1. The van der Waals surface area contributed by atoms with Crippen LogP contribution in [0.1, 0.15) is 26.6 Å². The lowest BCUT2D eigenvalue weighted by molar-refractivity contribution is 0.207. The molecule has 21 heavy (non-hydrogen) atoms. The maximum Gasteiger partial charge on any atom is 0.321 e. The van der Waals surface area contributed by atoms with Crippen molar-refractivity contribution in [2.24, 2.45) is 0 Å². The van der Waals surface area contributed by atoms with Gasteiger partial charge in [-0.15, -0.1) is 0 Å². The Kier molecular flexibility index (Phi) is 5.65. The molecule has 0 aliphatic rings. The second kappa shape index (κ2) is 6.84. The van der Waals surface area contributed by atoms with E-state index in [4.69, 9.17) is 0 Å². The van der Waals surface area contributed by atoms with Gasteiger partial charge in [0.05, 0.1) is 23.3 Å². The van der Waals surface area contributed by atoms with E-state index in [1.807, 2.05) is 6.92 Å². The van der Waals surface area contributed by atoms with E-state index in [-0.39, 0.29) is 0 Å². The smallest absolute Gasteiger partial charge is 0.321 e. The van der Waals surface area contributed by atoms with E-state index < -0.39 is 27.2 Å². The van der Waals surface area contributed by atoms with Crippen LogP contribution in [0.3, 0.4) is 0 Å². The van der Waals surface area contributed by atoms with Crippen molar-refractivity contribution in [3.63, 3.8) is 0 Å². The quantitative estimate of drug-likeness (QED) is 0.885. The van der Waals surface area contributed by atoms with Crippen molar-refractivity contribution < 1.29 is 13.2 Å². The number of carbonyl (C=O) groups is 1. The van der Waals surface area contributed by atoms with Gasteiger partial charge in [-0.1, -0.05) is 6.92 Å². The summed E-state index contributed by atoms with van der Waals surface area (Å²) in [6, 6.07) is -0.846. The topological polar surface area (TPSA) is 92.3 Å². The first-order valence-corrected chi connectivity index (χ1v) is 8.65. The summed E-state index contributed by atoms with van der Waals surface area (Å²) in [7, 11) is -1.65. The highest BCUT2D eigenvalue weighted by atomic mass is 32.2. The Hall–Kier alpha value is -1.70. The third-order valence-electron chi connectivity index (χ3n) is 3.56. The number of hydrogen-bond acceptors (Lipinski definition) is 5. The Bertz CT molecular complexity index is 586. The first-order valence-electron chi connectivity index (χ1n) is 6.70. The van der Waals surface area contributed by atoms with Crippen molar-refractivity contribution >= 4 is 21.6 Å². The molecule has 0 aliphatic heterocycles. The summed E-state index contributed by atoms with van der Waals surface area (Å²) >= 11 is 0. The van der Waals surface area contributed by atoms with Crippen molar-refractivity contribution in [2.45, 2.75) is 38.5 Å². The molecule has 1 heterocycles. The second-order valence-electron chi connectivity index (χ2n) is 5.06. The Morgan fingerprint density at radius 1 is 1.33 bits per heavy atom. The van der Waals surface area contributed by atoms with Crippen LogP contribution < -0.4 is 5.32 Å². The molecule has 1 aromatic rings. The summed E-state index contributed by atoms with van der Waals surface area (Å²) in [5.41, 5.74) is 0.475. The van der Waals surface area contributed by atoms with Gasteiger partial charge in [-0.2, -0.15) is 0 Å². The van der Waals surface area contributed by atoms with E-state index in [9.17, 15) is 13.2 Å². The number of anilines is 1. The van der Waals surface area contributed by atoms with Gasteiger partial charge in [-0.3, -0.25) is 0 Å². The minimum absolute atomic E-state index is 0.397. The molecule has 2 unspecified atom stereocenters. The highest BCUT2D eigenvalue weighted by Crippen LogP contribution is 2.12. The van der Waals surface area contributed by atoms with Gasteiger partial charge in [-0.25, -0.2) is 23.2 Å². The zero-order valence-electron chi connectivity index (χ0n) is 13.0. The van der Waals surface area contributed by atoms with Gasteiger partial charge in [0, 0.05) is 25.8 Å². The zero-order valence-corrected chi connectivity index (χ0v) is 13.8. The molecule has 7 nitrogen and oxygen atoms in total. The molecule has 1 rings (SSSR count). The van der Waals surface area contributed by atoms with Gasteiger partial charge in [0.2, 0.25) is 0 Å². The van der Waals surface area contributed by atoms with Gasteiger partial charge in [0.25, 0.3) is 0 Å². The maximum atomic E-state index is 12.1. The van der Waals surface area contributed by atoms with E-state index in [1.165, 1.54) is 17.3 Å². The van der Waals surface area contributed by atoms with Crippen LogP contribution in [0.2, 0.25) is 0 Å². The molecule has 2 amide bonds. The fraction of sp³-hybridized carbons (Fsp3) is 0.615. The highest BCUT2D eigenvalue weighted by Gasteiger charge is 2.28. The van der Waals surface area contributed by atoms with Gasteiger partial charge in [0.15, 0.2) is 9.84 Å². The minimum atomic E-state index is -3.21. The van der Waals surface area contributed by atoms with E-state index >= 15 is 0 Å². The molecule has 0 spiro atoms. The fourth-order valence-corrected chi connectivity index (χ4v) is 2.57. The number of aryl methyl sites for hydroxylation is 1. The molecule has 1 N–H and O–H groups in total. The lowest BCUT2D eigenvalue weighted by Gasteiger charge is -2.28. The van der Waals surface area contributed by atoms with Gasteiger partial charge in [0.1, 0.15) is 5.82 Å². The van der Waals surface area contributed by atoms with Crippen molar-refractivity contribution in [3.05, 3.63) is 18.2 Å². The fourth-order valence-electron chi connectivity index (χ4n) is 1.67. The molecular formula is C13H22N4O3S. The largest absolute Gasteiger partial charge is 0.324 e. The SMILES string of the molecule is CCc1ncc(NC(=O)N(C)C(C)C(C)S(C)(=O)=O)cn1. The first kappa shape index (κ1) is 17.4. The van der Waals surface area contributed by atoms with Crippen molar-refractivity contribution in [1.82, 2.24) is 14.9 Å². The van der Waals surface area contributed by atoms with Crippen LogP contribution in [0.15, 0.2) is 12.4 Å². The summed E-state index contributed by atoms with van der Waals surface area (Å²) in [4.78, 5) is 21.6. The van der Waals surface area contributed by atoms with Crippen LogP contribution in [0.5, 0.6) is 0 Å². The lowest BCUT2D eigenvalue weighted by Crippen LogP contribution is -2.46. The number of urea groups is 1.